The Morgan fingerprint density at radius 3 is 2.44 bits per heavy atom. The van der Waals surface area contributed by atoms with Crippen LogP contribution in [0.2, 0.25) is 0 Å². The molecule has 34 heavy (non-hydrogen) atoms. The third kappa shape index (κ3) is 3.27. The van der Waals surface area contributed by atoms with Gasteiger partial charge in [0.15, 0.2) is 0 Å². The molecule has 0 aliphatic carbocycles. The second kappa shape index (κ2) is 7.19. The summed E-state index contributed by atoms with van der Waals surface area (Å²) < 4.78 is 0. The Morgan fingerprint density at radius 2 is 1.68 bits per heavy atom. The summed E-state index contributed by atoms with van der Waals surface area (Å²) in [5.41, 5.74) is 4.76. The smallest absolute Gasteiger partial charge is 0.255 e. The van der Waals surface area contributed by atoms with Crippen LogP contribution in [0.15, 0.2) is 48.5 Å². The van der Waals surface area contributed by atoms with Crippen LogP contribution in [0.4, 0.5) is 0 Å². The van der Waals surface area contributed by atoms with Gasteiger partial charge in [0.25, 0.3) is 5.91 Å². The maximum atomic E-state index is 13.9. The van der Waals surface area contributed by atoms with E-state index in [0.717, 1.165) is 40.6 Å². The first-order valence-electron chi connectivity index (χ1n) is 12.2. The lowest BCUT2D eigenvalue weighted by atomic mass is 9.79. The highest BCUT2D eigenvalue weighted by Gasteiger charge is 2.49. The normalized spacial score (nSPS) is 25.1. The van der Waals surface area contributed by atoms with Gasteiger partial charge < -0.3 is 20.5 Å². The summed E-state index contributed by atoms with van der Waals surface area (Å²) in [6.45, 7) is 8.73. The number of H-pyrrole nitrogens is 1. The molecular weight excluding hydrogens is 424 g/mol. The van der Waals surface area contributed by atoms with Crippen LogP contribution in [0.5, 0.6) is 0 Å². The number of aromatic nitrogens is 1. The minimum Gasteiger partial charge on any atom is -0.356 e. The Labute approximate surface area is 200 Å². The number of benzene rings is 2. The predicted molar refractivity (Wildman–Crippen MR) is 133 cm³/mol. The number of carbonyl (C=O) groups excluding carboxylic acids is 2. The van der Waals surface area contributed by atoms with E-state index >= 15 is 0 Å². The molecular formula is C28H32N4O2. The molecule has 3 aromatic rings. The number of carbonyl (C=O) groups is 2. The fraction of sp³-hybridized carbons (Fsp3) is 0.429. The van der Waals surface area contributed by atoms with E-state index in [4.69, 9.17) is 0 Å². The van der Waals surface area contributed by atoms with Crippen molar-refractivity contribution < 1.29 is 9.59 Å². The van der Waals surface area contributed by atoms with E-state index in [2.05, 4.69) is 55.4 Å². The highest BCUT2D eigenvalue weighted by Crippen LogP contribution is 2.46. The van der Waals surface area contributed by atoms with E-state index in [-0.39, 0.29) is 35.0 Å². The number of hydrogen-bond donors (Lipinski definition) is 3. The SMILES string of the molecule is CC1(C)CC(NC(=O)[C@@H]2Cc3c([nH]c4ccccc34)[C@H]3c4ccccc4C(=O)N32)CC(C)(C)N1. The van der Waals surface area contributed by atoms with Crippen molar-refractivity contribution in [3.8, 4) is 0 Å². The minimum atomic E-state index is -0.544. The molecule has 2 atom stereocenters. The Bertz CT molecular complexity index is 1300. The van der Waals surface area contributed by atoms with Gasteiger partial charge in [-0.2, -0.15) is 0 Å². The molecule has 0 bridgehead atoms. The highest BCUT2D eigenvalue weighted by molar-refractivity contribution is 6.03. The summed E-state index contributed by atoms with van der Waals surface area (Å²) in [5, 5.41) is 8.16. The van der Waals surface area contributed by atoms with Crippen molar-refractivity contribution in [2.45, 2.75) is 76.2 Å². The molecule has 6 rings (SSSR count). The van der Waals surface area contributed by atoms with Crippen LogP contribution in [0.3, 0.4) is 0 Å². The summed E-state index contributed by atoms with van der Waals surface area (Å²) in [6.07, 6.45) is 2.22. The summed E-state index contributed by atoms with van der Waals surface area (Å²) in [6, 6.07) is 15.2. The van der Waals surface area contributed by atoms with Crippen LogP contribution in [0.1, 0.15) is 73.8 Å². The minimum absolute atomic E-state index is 0.0550. The van der Waals surface area contributed by atoms with E-state index < -0.39 is 6.04 Å². The van der Waals surface area contributed by atoms with Crippen molar-refractivity contribution in [2.75, 3.05) is 0 Å². The number of aromatic amines is 1. The van der Waals surface area contributed by atoms with E-state index in [1.165, 1.54) is 0 Å². The summed E-state index contributed by atoms with van der Waals surface area (Å²) in [4.78, 5) is 32.8. The van der Waals surface area contributed by atoms with Crippen molar-refractivity contribution in [3.63, 3.8) is 0 Å². The molecule has 6 nitrogen and oxygen atoms in total. The first kappa shape index (κ1) is 21.4. The van der Waals surface area contributed by atoms with E-state index in [1.54, 1.807) is 0 Å². The van der Waals surface area contributed by atoms with Crippen LogP contribution in [0.25, 0.3) is 10.9 Å². The van der Waals surface area contributed by atoms with Crippen LogP contribution in [-0.2, 0) is 11.2 Å². The quantitative estimate of drug-likeness (QED) is 0.544. The highest BCUT2D eigenvalue weighted by atomic mass is 16.2. The average molecular weight is 457 g/mol. The lowest BCUT2D eigenvalue weighted by molar-refractivity contribution is -0.127. The molecule has 1 aromatic heterocycles. The van der Waals surface area contributed by atoms with Crippen LogP contribution in [0, 0.1) is 0 Å². The van der Waals surface area contributed by atoms with Gasteiger partial charge in [-0.3, -0.25) is 9.59 Å². The fourth-order valence-corrected chi connectivity index (χ4v) is 6.86. The predicted octanol–water partition coefficient (Wildman–Crippen LogP) is 4.06. The summed E-state index contributed by atoms with van der Waals surface area (Å²) in [7, 11) is 0. The van der Waals surface area contributed by atoms with Crippen molar-refractivity contribution in [3.05, 3.63) is 70.9 Å². The maximum Gasteiger partial charge on any atom is 0.255 e. The van der Waals surface area contributed by atoms with Crippen LogP contribution < -0.4 is 10.6 Å². The number of amides is 2. The Morgan fingerprint density at radius 1 is 1.00 bits per heavy atom. The topological polar surface area (TPSA) is 77.2 Å². The van der Waals surface area contributed by atoms with Gasteiger partial charge >= 0.3 is 0 Å². The van der Waals surface area contributed by atoms with Gasteiger partial charge in [0, 0.05) is 45.7 Å². The van der Waals surface area contributed by atoms with Gasteiger partial charge in [-0.1, -0.05) is 36.4 Å². The number of nitrogens with one attached hydrogen (secondary N) is 3. The van der Waals surface area contributed by atoms with E-state index in [9.17, 15) is 9.59 Å². The number of para-hydroxylation sites is 1. The van der Waals surface area contributed by atoms with Gasteiger partial charge in [0.05, 0.1) is 6.04 Å². The van der Waals surface area contributed by atoms with E-state index in [0.29, 0.717) is 12.0 Å². The molecule has 4 heterocycles. The van der Waals surface area contributed by atoms with Gasteiger partial charge in [-0.05, 0) is 63.8 Å². The second-order valence-electron chi connectivity index (χ2n) is 11.5. The molecule has 3 aliphatic heterocycles. The van der Waals surface area contributed by atoms with Gasteiger partial charge in [0.2, 0.25) is 5.91 Å². The summed E-state index contributed by atoms with van der Waals surface area (Å²) in [5.74, 6) is -0.114. The maximum absolute atomic E-state index is 13.9. The van der Waals surface area contributed by atoms with Crippen molar-refractivity contribution in [2.24, 2.45) is 0 Å². The van der Waals surface area contributed by atoms with Crippen LogP contribution >= 0.6 is 0 Å². The first-order valence-corrected chi connectivity index (χ1v) is 12.2. The second-order valence-corrected chi connectivity index (χ2v) is 11.5. The van der Waals surface area contributed by atoms with Gasteiger partial charge in [-0.15, -0.1) is 0 Å². The number of piperidine rings is 1. The van der Waals surface area contributed by atoms with Gasteiger partial charge in [-0.25, -0.2) is 0 Å². The monoisotopic (exact) mass is 456 g/mol. The molecule has 0 saturated carbocycles. The van der Waals surface area contributed by atoms with E-state index in [1.807, 2.05) is 41.3 Å². The van der Waals surface area contributed by atoms with Crippen molar-refractivity contribution in [1.29, 1.82) is 0 Å². The Balaban J connectivity index is 1.40. The van der Waals surface area contributed by atoms with Crippen LogP contribution in [-0.4, -0.2) is 44.9 Å². The Kier molecular flexibility index (Phi) is 4.53. The Hall–Kier alpha value is -3.12. The molecule has 1 fully saturated rings. The first-order chi connectivity index (χ1) is 16.1. The number of rotatable bonds is 2. The number of fused-ring (bicyclic) bond motifs is 7. The standard InChI is InChI=1S/C28H32N4O2/c1-27(2)14-16(15-28(3,4)31-27)29-25(33)22-13-20-17-9-7-8-12-21(17)30-23(20)24-18-10-5-6-11-19(18)26(34)32(22)24/h5-12,16,22,24,30-31H,13-15H2,1-4H3,(H,29,33)/t22-,24+/m0/s1. The molecule has 3 aliphatic rings. The lowest BCUT2D eigenvalue weighted by Gasteiger charge is -2.47. The molecule has 6 heteroatoms. The van der Waals surface area contributed by atoms with Crippen molar-refractivity contribution >= 4 is 22.7 Å². The lowest BCUT2D eigenvalue weighted by Crippen LogP contribution is -2.63. The van der Waals surface area contributed by atoms with Crippen molar-refractivity contribution in [1.82, 2.24) is 20.5 Å². The van der Waals surface area contributed by atoms with Gasteiger partial charge in [0.1, 0.15) is 6.04 Å². The molecule has 0 spiro atoms. The molecule has 1 saturated heterocycles. The zero-order valence-corrected chi connectivity index (χ0v) is 20.2. The third-order valence-electron chi connectivity index (χ3n) is 7.69. The largest absolute Gasteiger partial charge is 0.356 e. The molecule has 176 valence electrons. The zero-order chi connectivity index (χ0) is 23.8. The summed E-state index contributed by atoms with van der Waals surface area (Å²) >= 11 is 0. The number of nitrogens with zero attached hydrogens (tertiary/aromatic N) is 1. The molecule has 3 N–H and O–H groups in total. The molecule has 0 radical (unpaired) electrons. The zero-order valence-electron chi connectivity index (χ0n) is 20.2. The number of hydrogen-bond acceptors (Lipinski definition) is 3. The fourth-order valence-electron chi connectivity index (χ4n) is 6.86. The average Bonchev–Trinajstić information content (AvgIpc) is 3.27. The third-order valence-corrected chi connectivity index (χ3v) is 7.69. The molecule has 2 aromatic carbocycles. The molecule has 0 unspecified atom stereocenters. The molecule has 2 amide bonds.